The maximum Gasteiger partial charge on any atom is 0.0900 e. The van der Waals surface area contributed by atoms with E-state index in [1.165, 1.54) is 32.1 Å². The van der Waals surface area contributed by atoms with Crippen molar-refractivity contribution in [2.75, 3.05) is 26.2 Å². The van der Waals surface area contributed by atoms with Crippen molar-refractivity contribution < 1.29 is 9.84 Å². The highest BCUT2D eigenvalue weighted by Gasteiger charge is 2.31. The van der Waals surface area contributed by atoms with Gasteiger partial charge in [0.2, 0.25) is 0 Å². The Kier molecular flexibility index (Phi) is 6.35. The monoisotopic (exact) mass is 337 g/mol. The lowest BCUT2D eigenvalue weighted by Gasteiger charge is -2.41. The van der Waals surface area contributed by atoms with Crippen LogP contribution in [0.25, 0.3) is 0 Å². The molecule has 0 aromatic heterocycles. The summed E-state index contributed by atoms with van der Waals surface area (Å²) >= 11 is 6.11. The lowest BCUT2D eigenvalue weighted by atomic mass is 9.75. The van der Waals surface area contributed by atoms with E-state index in [0.717, 1.165) is 42.1 Å². The van der Waals surface area contributed by atoms with E-state index in [4.69, 9.17) is 16.3 Å². The Balaban J connectivity index is 1.38. The molecular formula is C19H28ClNO2. The van der Waals surface area contributed by atoms with Gasteiger partial charge in [0.25, 0.3) is 0 Å². The summed E-state index contributed by atoms with van der Waals surface area (Å²) in [7, 11) is 0. The molecule has 3 atom stereocenters. The fraction of sp³-hybridized carbons (Fsp3) is 0.684. The lowest BCUT2D eigenvalue weighted by molar-refractivity contribution is -0.00648. The van der Waals surface area contributed by atoms with Crippen molar-refractivity contribution >= 4 is 11.6 Å². The molecule has 0 radical (unpaired) electrons. The molecule has 4 heteroatoms. The van der Waals surface area contributed by atoms with E-state index < -0.39 is 6.10 Å². The van der Waals surface area contributed by atoms with Gasteiger partial charge < -0.3 is 14.7 Å². The number of rotatable bonds is 6. The molecule has 3 rings (SSSR count). The molecule has 0 amide bonds. The van der Waals surface area contributed by atoms with E-state index in [1.807, 2.05) is 24.3 Å². The number of fused-ring (bicyclic) bond motifs is 1. The van der Waals surface area contributed by atoms with Gasteiger partial charge in [0, 0.05) is 18.1 Å². The van der Waals surface area contributed by atoms with E-state index in [-0.39, 0.29) is 0 Å². The standard InChI is InChI=1S/C19H28ClNO2/c20-19-8-4-3-7-17(19)13-23-14-18(22)12-21-10-9-15-5-1-2-6-16(15)11-21/h3-4,7-8,15-16,18,22H,1-2,5-6,9-14H2/t15-,16+,18+/m1/s1. The van der Waals surface area contributed by atoms with Crippen molar-refractivity contribution in [1.29, 1.82) is 0 Å². The fourth-order valence-corrected chi connectivity index (χ4v) is 4.30. The van der Waals surface area contributed by atoms with Crippen molar-refractivity contribution in [3.63, 3.8) is 0 Å². The van der Waals surface area contributed by atoms with Gasteiger partial charge in [0.15, 0.2) is 0 Å². The van der Waals surface area contributed by atoms with Gasteiger partial charge in [-0.2, -0.15) is 0 Å². The molecule has 1 saturated heterocycles. The van der Waals surface area contributed by atoms with Crippen LogP contribution >= 0.6 is 11.6 Å². The van der Waals surface area contributed by atoms with Crippen molar-refractivity contribution in [3.05, 3.63) is 34.9 Å². The Hall–Kier alpha value is -0.610. The highest BCUT2D eigenvalue weighted by Crippen LogP contribution is 2.35. The number of likely N-dealkylation sites (tertiary alicyclic amines) is 1. The highest BCUT2D eigenvalue weighted by molar-refractivity contribution is 6.31. The summed E-state index contributed by atoms with van der Waals surface area (Å²) in [6.07, 6.45) is 6.48. The number of hydrogen-bond donors (Lipinski definition) is 1. The van der Waals surface area contributed by atoms with Crippen molar-refractivity contribution in [2.24, 2.45) is 11.8 Å². The molecule has 0 unspecified atom stereocenters. The minimum absolute atomic E-state index is 0.371. The second kappa shape index (κ2) is 8.48. The molecule has 3 nitrogen and oxygen atoms in total. The van der Waals surface area contributed by atoms with Crippen LogP contribution in [0.4, 0.5) is 0 Å². The second-order valence-electron chi connectivity index (χ2n) is 7.11. The van der Waals surface area contributed by atoms with Crippen LogP contribution in [0.3, 0.4) is 0 Å². The van der Waals surface area contributed by atoms with Gasteiger partial charge >= 0.3 is 0 Å². The predicted octanol–water partition coefficient (Wildman–Crippen LogP) is 3.73. The molecule has 1 heterocycles. The SMILES string of the molecule is O[C@H](COCc1ccccc1Cl)CN1CC[C@H]2CCCC[C@H]2C1. The number of aliphatic hydroxyl groups is 1. The molecule has 128 valence electrons. The van der Waals surface area contributed by atoms with Crippen LogP contribution in [0, 0.1) is 11.8 Å². The first-order chi connectivity index (χ1) is 11.2. The number of β-amino-alcohol motifs (C(OH)–C–C–N with tert-alkyl or cyclic N) is 1. The summed E-state index contributed by atoms with van der Waals surface area (Å²) in [6, 6.07) is 7.69. The molecular weight excluding hydrogens is 310 g/mol. The summed E-state index contributed by atoms with van der Waals surface area (Å²) in [5.74, 6) is 1.79. The maximum atomic E-state index is 10.2. The quantitative estimate of drug-likeness (QED) is 0.858. The van der Waals surface area contributed by atoms with Crippen molar-refractivity contribution in [1.82, 2.24) is 4.90 Å². The van der Waals surface area contributed by atoms with Gasteiger partial charge in [-0.1, -0.05) is 49.1 Å². The molecule has 2 aliphatic rings. The summed E-state index contributed by atoms with van der Waals surface area (Å²) in [6.45, 7) is 3.85. The molecule has 1 aromatic rings. The van der Waals surface area contributed by atoms with Crippen LogP contribution in [0.2, 0.25) is 5.02 Å². The Bertz CT molecular complexity index is 496. The Morgan fingerprint density at radius 3 is 2.78 bits per heavy atom. The van der Waals surface area contributed by atoms with Crippen LogP contribution in [0.5, 0.6) is 0 Å². The normalized spacial score (nSPS) is 26.7. The highest BCUT2D eigenvalue weighted by atomic mass is 35.5. The maximum absolute atomic E-state index is 10.2. The summed E-state index contributed by atoms with van der Waals surface area (Å²) in [5, 5.41) is 11.0. The second-order valence-corrected chi connectivity index (χ2v) is 7.52. The third kappa shape index (κ3) is 4.93. The molecule has 1 N–H and O–H groups in total. The van der Waals surface area contributed by atoms with E-state index in [9.17, 15) is 5.11 Å². The topological polar surface area (TPSA) is 32.7 Å². The fourth-order valence-electron chi connectivity index (χ4n) is 4.11. The van der Waals surface area contributed by atoms with Gasteiger partial charge in [-0.05, 0) is 42.9 Å². The molecule has 1 saturated carbocycles. The van der Waals surface area contributed by atoms with Crippen LogP contribution < -0.4 is 0 Å². The van der Waals surface area contributed by atoms with Gasteiger partial charge in [0.1, 0.15) is 0 Å². The molecule has 2 fully saturated rings. The first kappa shape index (κ1) is 17.2. The van der Waals surface area contributed by atoms with Crippen molar-refractivity contribution in [2.45, 2.75) is 44.8 Å². The van der Waals surface area contributed by atoms with Gasteiger partial charge in [0.05, 0.1) is 19.3 Å². The zero-order chi connectivity index (χ0) is 16.1. The average Bonchev–Trinajstić information content (AvgIpc) is 2.56. The smallest absolute Gasteiger partial charge is 0.0900 e. The number of piperidine rings is 1. The third-order valence-corrected chi connectivity index (χ3v) is 5.74. The number of ether oxygens (including phenoxy) is 1. The molecule has 0 spiro atoms. The number of nitrogens with zero attached hydrogens (tertiary/aromatic N) is 1. The Labute approximate surface area is 144 Å². The van der Waals surface area contributed by atoms with E-state index in [1.54, 1.807) is 0 Å². The average molecular weight is 338 g/mol. The van der Waals surface area contributed by atoms with Gasteiger partial charge in [-0.3, -0.25) is 0 Å². The zero-order valence-electron chi connectivity index (χ0n) is 13.8. The minimum atomic E-state index is -0.419. The van der Waals surface area contributed by atoms with E-state index in [0.29, 0.717) is 13.2 Å². The third-order valence-electron chi connectivity index (χ3n) is 5.37. The van der Waals surface area contributed by atoms with Crippen LogP contribution in [-0.2, 0) is 11.3 Å². The van der Waals surface area contributed by atoms with Crippen LogP contribution in [0.15, 0.2) is 24.3 Å². The first-order valence-corrected chi connectivity index (χ1v) is 9.31. The van der Waals surface area contributed by atoms with Crippen LogP contribution in [0.1, 0.15) is 37.7 Å². The Morgan fingerprint density at radius 1 is 1.17 bits per heavy atom. The number of hydrogen-bond acceptors (Lipinski definition) is 3. The summed E-state index contributed by atoms with van der Waals surface area (Å²) < 4.78 is 5.65. The number of benzene rings is 1. The van der Waals surface area contributed by atoms with Crippen LogP contribution in [-0.4, -0.2) is 42.4 Å². The van der Waals surface area contributed by atoms with Crippen molar-refractivity contribution in [3.8, 4) is 0 Å². The molecule has 0 bridgehead atoms. The van der Waals surface area contributed by atoms with E-state index in [2.05, 4.69) is 4.90 Å². The molecule has 1 aromatic carbocycles. The van der Waals surface area contributed by atoms with Gasteiger partial charge in [-0.15, -0.1) is 0 Å². The largest absolute Gasteiger partial charge is 0.389 e. The lowest BCUT2D eigenvalue weighted by Crippen LogP contribution is -2.45. The summed E-state index contributed by atoms with van der Waals surface area (Å²) in [4.78, 5) is 2.43. The summed E-state index contributed by atoms with van der Waals surface area (Å²) in [5.41, 5.74) is 0.976. The molecule has 23 heavy (non-hydrogen) atoms. The number of aliphatic hydroxyl groups excluding tert-OH is 1. The minimum Gasteiger partial charge on any atom is -0.389 e. The van der Waals surface area contributed by atoms with E-state index >= 15 is 0 Å². The molecule has 1 aliphatic carbocycles. The zero-order valence-corrected chi connectivity index (χ0v) is 14.5. The van der Waals surface area contributed by atoms with Gasteiger partial charge in [-0.25, -0.2) is 0 Å². The first-order valence-electron chi connectivity index (χ1n) is 8.94. The number of halogens is 1. The predicted molar refractivity (Wildman–Crippen MR) is 93.6 cm³/mol. The Morgan fingerprint density at radius 2 is 1.96 bits per heavy atom. The molecule has 1 aliphatic heterocycles.